The van der Waals surface area contributed by atoms with Crippen molar-refractivity contribution in [3.8, 4) is 0 Å². The summed E-state index contributed by atoms with van der Waals surface area (Å²) in [6.07, 6.45) is 0.779. The normalized spacial score (nSPS) is 25.5. The number of halogens is 1. The van der Waals surface area contributed by atoms with Gasteiger partial charge in [0.05, 0.1) is 34.6 Å². The summed E-state index contributed by atoms with van der Waals surface area (Å²) in [6, 6.07) is -0.152. The van der Waals surface area contributed by atoms with Crippen LogP contribution in [0.2, 0.25) is 0 Å². The molecule has 0 saturated carbocycles. The molecule has 1 aliphatic rings. The van der Waals surface area contributed by atoms with Gasteiger partial charge in [-0.15, -0.1) is 0 Å². The summed E-state index contributed by atoms with van der Waals surface area (Å²) in [5.74, 6) is -0.640. The van der Waals surface area contributed by atoms with Crippen molar-refractivity contribution in [1.29, 1.82) is 0 Å². The van der Waals surface area contributed by atoms with Crippen molar-refractivity contribution in [2.45, 2.75) is 32.7 Å². The van der Waals surface area contributed by atoms with Crippen LogP contribution in [0.3, 0.4) is 0 Å². The van der Waals surface area contributed by atoms with Crippen molar-refractivity contribution >= 4 is 38.3 Å². The quantitative estimate of drug-likeness (QED) is 0.585. The van der Waals surface area contributed by atoms with Gasteiger partial charge in [-0.05, 0) is 20.3 Å². The van der Waals surface area contributed by atoms with Crippen molar-refractivity contribution in [2.24, 2.45) is 5.92 Å². The van der Waals surface area contributed by atoms with Gasteiger partial charge in [-0.3, -0.25) is 4.79 Å². The summed E-state index contributed by atoms with van der Waals surface area (Å²) < 4.78 is -0.545. The van der Waals surface area contributed by atoms with Crippen LogP contribution in [0.4, 0.5) is 4.79 Å². The van der Waals surface area contributed by atoms with Crippen LogP contribution in [0.15, 0.2) is 0 Å². The van der Waals surface area contributed by atoms with E-state index in [0.717, 1.165) is 5.06 Å². The van der Waals surface area contributed by atoms with Crippen molar-refractivity contribution in [3.05, 3.63) is 0 Å². The van der Waals surface area contributed by atoms with Crippen LogP contribution in [-0.4, -0.2) is 26.8 Å². The van der Waals surface area contributed by atoms with Gasteiger partial charge < -0.3 is 9.63 Å². The van der Waals surface area contributed by atoms with Gasteiger partial charge >= 0.3 is 3.98 Å². The van der Waals surface area contributed by atoms with Crippen LogP contribution in [0.5, 0.6) is 0 Å². The van der Waals surface area contributed by atoms with Gasteiger partial charge in [0.1, 0.15) is 5.78 Å². The Morgan fingerprint density at radius 2 is 2.20 bits per heavy atom. The molecule has 5 nitrogen and oxygen atoms in total. The molecule has 0 aliphatic carbocycles. The lowest BCUT2D eigenvalue weighted by Gasteiger charge is -2.17. The van der Waals surface area contributed by atoms with Gasteiger partial charge in [0.25, 0.3) is 5.91 Å². The number of rotatable bonds is 3. The molecule has 2 atom stereocenters. The molecule has 0 aromatic heterocycles. The first-order chi connectivity index (χ1) is 6.91. The molecule has 6 heteroatoms. The Morgan fingerprint density at radius 3 is 2.67 bits per heavy atom. The van der Waals surface area contributed by atoms with E-state index in [0.29, 0.717) is 6.42 Å². The number of Topliss-reactive ketones (excluding diaryl/α,β-unsaturated/α-hetero) is 1. The highest BCUT2D eigenvalue weighted by Gasteiger charge is 2.40. The molecule has 1 aliphatic heterocycles. The Balaban J connectivity index is 2.65. The minimum Gasteiger partial charge on any atom is -0.327 e. The zero-order valence-corrected chi connectivity index (χ0v) is 10.7. The smallest absolute Gasteiger partial charge is 0.327 e. The maximum Gasteiger partial charge on any atom is 0.391 e. The molecule has 1 amide bonds. The number of ketones is 1. The van der Waals surface area contributed by atoms with Crippen molar-refractivity contribution in [2.75, 3.05) is 0 Å². The molecule has 1 heterocycles. The number of amides is 1. The van der Waals surface area contributed by atoms with E-state index < -0.39 is 3.98 Å². The second kappa shape index (κ2) is 4.91. The highest BCUT2D eigenvalue weighted by molar-refractivity contribution is 14.1. The number of carbonyl (C=O) groups is 3. The Morgan fingerprint density at radius 1 is 1.60 bits per heavy atom. The van der Waals surface area contributed by atoms with Crippen LogP contribution in [-0.2, 0) is 14.4 Å². The molecule has 15 heavy (non-hydrogen) atoms. The summed E-state index contributed by atoms with van der Waals surface area (Å²) in [5, 5.41) is 1.07. The zero-order chi connectivity index (χ0) is 11.6. The third-order valence-electron chi connectivity index (χ3n) is 2.30. The molecule has 0 radical (unpaired) electrons. The van der Waals surface area contributed by atoms with E-state index in [1.165, 1.54) is 29.5 Å². The molecule has 1 fully saturated rings. The Labute approximate surface area is 101 Å². The van der Waals surface area contributed by atoms with Crippen LogP contribution >= 0.6 is 22.6 Å². The van der Waals surface area contributed by atoms with Gasteiger partial charge in [-0.1, -0.05) is 0 Å². The highest BCUT2D eigenvalue weighted by atomic mass is 127. The number of nitrogens with zero attached hydrogens (tertiary/aromatic N) is 1. The predicted molar refractivity (Wildman–Crippen MR) is 60.2 cm³/mol. The SMILES string of the molecule is CC(=O)CC1CC(C)N(OC(=O)I)C1=O. The van der Waals surface area contributed by atoms with Crippen molar-refractivity contribution in [1.82, 2.24) is 5.06 Å². The average Bonchev–Trinajstić information content (AvgIpc) is 2.31. The fourth-order valence-corrected chi connectivity index (χ4v) is 1.95. The maximum atomic E-state index is 11.7. The number of hydroxylamine groups is 2. The lowest BCUT2D eigenvalue weighted by Crippen LogP contribution is -2.33. The van der Waals surface area contributed by atoms with E-state index in [1.807, 2.05) is 0 Å². The summed E-state index contributed by atoms with van der Waals surface area (Å²) in [6.45, 7) is 3.24. The van der Waals surface area contributed by atoms with E-state index in [2.05, 4.69) is 0 Å². The Kier molecular flexibility index (Phi) is 4.06. The summed E-state index contributed by atoms with van der Waals surface area (Å²) in [4.78, 5) is 38.1. The number of hydrogen-bond donors (Lipinski definition) is 0. The topological polar surface area (TPSA) is 63.7 Å². The van der Waals surface area contributed by atoms with E-state index in [4.69, 9.17) is 4.84 Å². The summed E-state index contributed by atoms with van der Waals surface area (Å²) in [7, 11) is 0. The molecule has 0 N–H and O–H groups in total. The zero-order valence-electron chi connectivity index (χ0n) is 8.53. The highest BCUT2D eigenvalue weighted by Crippen LogP contribution is 2.27. The fraction of sp³-hybridized carbons (Fsp3) is 0.667. The molecular formula is C9H12INO4. The molecular weight excluding hydrogens is 313 g/mol. The van der Waals surface area contributed by atoms with Crippen LogP contribution in [0.25, 0.3) is 0 Å². The number of hydrogen-bond acceptors (Lipinski definition) is 4. The van der Waals surface area contributed by atoms with E-state index in [1.54, 1.807) is 6.92 Å². The first-order valence-corrected chi connectivity index (χ1v) is 5.69. The number of carbonyl (C=O) groups excluding carboxylic acids is 3. The third-order valence-corrected chi connectivity index (χ3v) is 2.49. The van der Waals surface area contributed by atoms with Gasteiger partial charge in [-0.25, -0.2) is 4.79 Å². The Hall–Kier alpha value is -0.660. The fourth-order valence-electron chi connectivity index (χ4n) is 1.74. The molecule has 1 rings (SSSR count). The largest absolute Gasteiger partial charge is 0.391 e. The molecule has 0 bridgehead atoms. The first kappa shape index (κ1) is 12.4. The standard InChI is InChI=1S/C9H12INO4/c1-5-3-7(4-6(2)12)8(13)11(5)15-9(10)14/h5,7H,3-4H2,1-2H3. The lowest BCUT2D eigenvalue weighted by molar-refractivity contribution is -0.163. The summed E-state index contributed by atoms with van der Waals surface area (Å²) >= 11 is 1.46. The minimum atomic E-state index is -0.545. The molecule has 0 spiro atoms. The maximum absolute atomic E-state index is 11.7. The monoisotopic (exact) mass is 325 g/mol. The van der Waals surface area contributed by atoms with Crippen molar-refractivity contribution in [3.63, 3.8) is 0 Å². The van der Waals surface area contributed by atoms with E-state index in [-0.39, 0.29) is 30.1 Å². The second-order valence-electron chi connectivity index (χ2n) is 3.68. The van der Waals surface area contributed by atoms with Gasteiger partial charge in [-0.2, -0.15) is 5.06 Å². The van der Waals surface area contributed by atoms with Gasteiger partial charge in [0, 0.05) is 6.42 Å². The van der Waals surface area contributed by atoms with E-state index in [9.17, 15) is 14.4 Å². The molecule has 1 saturated heterocycles. The predicted octanol–water partition coefficient (Wildman–Crippen LogP) is 1.69. The van der Waals surface area contributed by atoms with Crippen molar-refractivity contribution < 1.29 is 19.2 Å². The van der Waals surface area contributed by atoms with Crippen LogP contribution < -0.4 is 0 Å². The average molecular weight is 325 g/mol. The van der Waals surface area contributed by atoms with Crippen LogP contribution in [0.1, 0.15) is 26.7 Å². The second-order valence-corrected chi connectivity index (χ2v) is 4.56. The molecule has 0 aromatic rings. The molecule has 2 unspecified atom stereocenters. The van der Waals surface area contributed by atoms with Gasteiger partial charge in [0.2, 0.25) is 0 Å². The first-order valence-electron chi connectivity index (χ1n) is 4.61. The van der Waals surface area contributed by atoms with Gasteiger partial charge in [0.15, 0.2) is 0 Å². The summed E-state index contributed by atoms with van der Waals surface area (Å²) in [5.41, 5.74) is 0. The third kappa shape index (κ3) is 3.15. The molecule has 84 valence electrons. The Bertz CT molecular complexity index is 304. The van der Waals surface area contributed by atoms with E-state index >= 15 is 0 Å². The lowest BCUT2D eigenvalue weighted by atomic mass is 10.00. The molecule has 0 aromatic carbocycles. The van der Waals surface area contributed by atoms with Crippen LogP contribution in [0, 0.1) is 5.92 Å². The minimum absolute atomic E-state index is 0.0248.